The van der Waals surface area contributed by atoms with Gasteiger partial charge in [-0.05, 0) is 56.7 Å². The molecular formula is C29H34N4O5S. The van der Waals surface area contributed by atoms with Crippen LogP contribution in [-0.4, -0.2) is 46.2 Å². The number of aryl methyl sites for hydroxylation is 2. The third kappa shape index (κ3) is 6.65. The molecule has 0 amide bonds. The Morgan fingerprint density at radius 2 is 1.74 bits per heavy atom. The van der Waals surface area contributed by atoms with Crippen LogP contribution >= 0.6 is 0 Å². The smallest absolute Gasteiger partial charge is 0.335 e. The van der Waals surface area contributed by atoms with Crippen LogP contribution in [0.5, 0.6) is 0 Å². The molecule has 0 saturated heterocycles. The highest BCUT2D eigenvalue weighted by Gasteiger charge is 2.23. The minimum absolute atomic E-state index is 0.141. The Balaban J connectivity index is 1.45. The number of β-amino-alcohol motifs (C(OH)–C–C–N with tert-alkyl or cyclic N) is 1. The first kappa shape index (κ1) is 28.3. The van der Waals surface area contributed by atoms with Gasteiger partial charge in [-0.25, -0.2) is 18.2 Å². The lowest BCUT2D eigenvalue weighted by Crippen LogP contribution is -2.42. The highest BCUT2D eigenvalue weighted by molar-refractivity contribution is 7.92. The Kier molecular flexibility index (Phi) is 8.39. The minimum Gasteiger partial charge on any atom is -0.478 e. The summed E-state index contributed by atoms with van der Waals surface area (Å²) in [5.74, 6) is -0.104. The van der Waals surface area contributed by atoms with Crippen LogP contribution in [0.2, 0.25) is 0 Å². The van der Waals surface area contributed by atoms with E-state index < -0.39 is 27.6 Å². The molecule has 1 unspecified atom stereocenters. The number of aliphatic hydroxyl groups is 1. The van der Waals surface area contributed by atoms with Gasteiger partial charge in [-0.1, -0.05) is 43.3 Å². The van der Waals surface area contributed by atoms with Crippen molar-refractivity contribution in [2.75, 3.05) is 11.3 Å². The van der Waals surface area contributed by atoms with Crippen molar-refractivity contribution in [3.8, 4) is 0 Å². The molecule has 0 aliphatic rings. The van der Waals surface area contributed by atoms with E-state index in [1.54, 1.807) is 60.7 Å². The van der Waals surface area contributed by atoms with Crippen molar-refractivity contribution >= 4 is 32.7 Å². The van der Waals surface area contributed by atoms with Crippen molar-refractivity contribution in [1.29, 1.82) is 0 Å². The van der Waals surface area contributed by atoms with E-state index in [2.05, 4.69) is 19.6 Å². The Labute approximate surface area is 228 Å². The summed E-state index contributed by atoms with van der Waals surface area (Å²) in [6, 6.07) is 19.8. The molecule has 0 radical (unpaired) electrons. The number of aromatic carboxylic acids is 1. The molecule has 39 heavy (non-hydrogen) atoms. The molecule has 10 heteroatoms. The van der Waals surface area contributed by atoms with E-state index in [1.807, 2.05) is 20.8 Å². The maximum absolute atomic E-state index is 12.8. The number of sulfonamides is 1. The number of imidazole rings is 1. The van der Waals surface area contributed by atoms with Gasteiger partial charge in [-0.15, -0.1) is 0 Å². The lowest BCUT2D eigenvalue weighted by Gasteiger charge is -2.29. The van der Waals surface area contributed by atoms with Gasteiger partial charge in [0.25, 0.3) is 10.0 Å². The predicted octanol–water partition coefficient (Wildman–Crippen LogP) is 4.59. The summed E-state index contributed by atoms with van der Waals surface area (Å²) in [6.07, 6.45) is 0.425. The maximum atomic E-state index is 12.8. The number of anilines is 1. The maximum Gasteiger partial charge on any atom is 0.335 e. The molecule has 1 heterocycles. The summed E-state index contributed by atoms with van der Waals surface area (Å²) in [6.45, 7) is 6.87. The van der Waals surface area contributed by atoms with Crippen LogP contribution in [0.15, 0.2) is 77.7 Å². The van der Waals surface area contributed by atoms with Crippen LogP contribution in [0.4, 0.5) is 5.69 Å². The Morgan fingerprint density at radius 3 is 2.44 bits per heavy atom. The van der Waals surface area contributed by atoms with Crippen LogP contribution in [0.3, 0.4) is 0 Å². The number of hydrogen-bond acceptors (Lipinski definition) is 6. The molecule has 3 aromatic carbocycles. The quantitative estimate of drug-likeness (QED) is 0.203. The fourth-order valence-electron chi connectivity index (χ4n) is 4.47. The molecule has 0 bridgehead atoms. The number of fused-ring (bicyclic) bond motifs is 1. The lowest BCUT2D eigenvalue weighted by molar-refractivity contribution is 0.0697. The lowest BCUT2D eigenvalue weighted by atomic mass is 9.99. The number of nitrogens with one attached hydrogen (secondary N) is 2. The minimum atomic E-state index is -3.81. The number of hydrogen-bond donors (Lipinski definition) is 4. The number of carboxylic acids is 1. The monoisotopic (exact) mass is 550 g/mol. The summed E-state index contributed by atoms with van der Waals surface area (Å²) in [7, 11) is -3.81. The van der Waals surface area contributed by atoms with Gasteiger partial charge in [0.15, 0.2) is 0 Å². The normalized spacial score (nSPS) is 12.9. The van der Waals surface area contributed by atoms with Crippen LogP contribution in [0, 0.1) is 0 Å². The van der Waals surface area contributed by atoms with Gasteiger partial charge < -0.3 is 20.1 Å². The fourth-order valence-corrected chi connectivity index (χ4v) is 5.58. The highest BCUT2D eigenvalue weighted by atomic mass is 32.2. The number of aliphatic hydroxyl groups excluding tert-OH is 1. The van der Waals surface area contributed by atoms with Crippen molar-refractivity contribution in [2.45, 2.75) is 56.7 Å². The molecule has 4 rings (SSSR count). The summed E-state index contributed by atoms with van der Waals surface area (Å²) < 4.78 is 30.3. The molecule has 0 fully saturated rings. The van der Waals surface area contributed by atoms with E-state index in [4.69, 9.17) is 0 Å². The third-order valence-corrected chi connectivity index (χ3v) is 8.12. The number of benzene rings is 3. The van der Waals surface area contributed by atoms with Gasteiger partial charge in [0, 0.05) is 30.6 Å². The van der Waals surface area contributed by atoms with Crippen molar-refractivity contribution in [2.24, 2.45) is 0 Å². The number of nitrogens with zero attached hydrogens (tertiary/aromatic N) is 2. The molecule has 0 spiro atoms. The third-order valence-electron chi connectivity index (χ3n) is 6.74. The van der Waals surface area contributed by atoms with Crippen molar-refractivity contribution in [3.63, 3.8) is 0 Å². The number of aromatic nitrogens is 2. The standard InChI is InChI=1S/C29H34N4O5S/c1-4-27-31-24-15-14-20(28(35)36)18-25(24)33(27)17-16-29(2,3)30-19-26(34)22-12-8-9-13-23(22)32-39(37,38)21-10-6-5-7-11-21/h5-15,18,26,30,32,34H,4,16-17,19H2,1-3H3,(H,35,36). The fraction of sp³-hybridized carbons (Fsp3) is 0.310. The van der Waals surface area contributed by atoms with Crippen LogP contribution in [0.25, 0.3) is 11.0 Å². The predicted molar refractivity (Wildman–Crippen MR) is 151 cm³/mol. The molecular weight excluding hydrogens is 516 g/mol. The summed E-state index contributed by atoms with van der Waals surface area (Å²) in [4.78, 5) is 16.3. The number of para-hydroxylation sites is 1. The molecule has 9 nitrogen and oxygen atoms in total. The summed E-state index contributed by atoms with van der Waals surface area (Å²) in [5, 5.41) is 23.8. The van der Waals surface area contributed by atoms with Crippen LogP contribution in [-0.2, 0) is 23.0 Å². The first-order valence-electron chi connectivity index (χ1n) is 12.8. The zero-order valence-electron chi connectivity index (χ0n) is 22.3. The molecule has 4 aromatic rings. The summed E-state index contributed by atoms with van der Waals surface area (Å²) in [5.41, 5.74) is 2.14. The first-order chi connectivity index (χ1) is 18.5. The number of carbonyl (C=O) groups is 1. The van der Waals surface area contributed by atoms with Crippen molar-refractivity contribution in [1.82, 2.24) is 14.9 Å². The van der Waals surface area contributed by atoms with E-state index >= 15 is 0 Å². The van der Waals surface area contributed by atoms with Gasteiger partial charge in [-0.2, -0.15) is 0 Å². The van der Waals surface area contributed by atoms with Gasteiger partial charge in [0.05, 0.1) is 33.3 Å². The van der Waals surface area contributed by atoms with Gasteiger partial charge >= 0.3 is 5.97 Å². The average molecular weight is 551 g/mol. The van der Waals surface area contributed by atoms with E-state index in [0.29, 0.717) is 30.6 Å². The Morgan fingerprint density at radius 1 is 1.05 bits per heavy atom. The van der Waals surface area contributed by atoms with E-state index in [1.165, 1.54) is 12.1 Å². The molecule has 4 N–H and O–H groups in total. The second kappa shape index (κ2) is 11.6. The molecule has 0 saturated carbocycles. The van der Waals surface area contributed by atoms with Gasteiger partial charge in [0.1, 0.15) is 5.82 Å². The largest absolute Gasteiger partial charge is 0.478 e. The van der Waals surface area contributed by atoms with Crippen LogP contribution in [0.1, 0.15) is 55.0 Å². The second-order valence-corrected chi connectivity index (χ2v) is 11.8. The van der Waals surface area contributed by atoms with Crippen molar-refractivity contribution < 1.29 is 23.4 Å². The topological polar surface area (TPSA) is 134 Å². The summed E-state index contributed by atoms with van der Waals surface area (Å²) >= 11 is 0. The van der Waals surface area contributed by atoms with E-state index in [0.717, 1.165) is 16.9 Å². The zero-order valence-corrected chi connectivity index (χ0v) is 23.1. The Hall–Kier alpha value is -3.73. The molecule has 206 valence electrons. The van der Waals surface area contributed by atoms with Gasteiger partial charge in [-0.3, -0.25) is 4.72 Å². The van der Waals surface area contributed by atoms with Crippen molar-refractivity contribution in [3.05, 3.63) is 89.7 Å². The van der Waals surface area contributed by atoms with Crippen LogP contribution < -0.4 is 10.0 Å². The second-order valence-electron chi connectivity index (χ2n) is 10.1. The Bertz CT molecular complexity index is 1570. The average Bonchev–Trinajstić information content (AvgIpc) is 3.28. The zero-order chi connectivity index (χ0) is 28.2. The molecule has 0 aliphatic carbocycles. The molecule has 0 aliphatic heterocycles. The number of carboxylic acid groups (broad SMARTS) is 1. The molecule has 1 atom stereocenters. The van der Waals surface area contributed by atoms with E-state index in [-0.39, 0.29) is 17.0 Å². The first-order valence-corrected chi connectivity index (χ1v) is 14.3. The SMILES string of the molecule is CCc1nc2ccc(C(=O)O)cc2n1CCC(C)(C)NCC(O)c1ccccc1NS(=O)(=O)c1ccccc1. The van der Waals surface area contributed by atoms with Gasteiger partial charge in [0.2, 0.25) is 0 Å². The highest BCUT2D eigenvalue weighted by Crippen LogP contribution is 2.26. The molecule has 1 aromatic heterocycles. The number of rotatable bonds is 12. The van der Waals surface area contributed by atoms with E-state index in [9.17, 15) is 23.4 Å².